The Morgan fingerprint density at radius 2 is 2.00 bits per heavy atom. The number of piperidine rings is 2. The predicted octanol–water partition coefficient (Wildman–Crippen LogP) is 4.88. The lowest BCUT2D eigenvalue weighted by Gasteiger charge is -2.48. The van der Waals surface area contributed by atoms with E-state index < -0.39 is 5.60 Å². The Morgan fingerprint density at radius 3 is 2.79 bits per heavy atom. The van der Waals surface area contributed by atoms with Crippen LogP contribution >= 0.6 is 11.6 Å². The van der Waals surface area contributed by atoms with Crippen molar-refractivity contribution in [3.05, 3.63) is 23.7 Å². The molecule has 2 aromatic rings. The van der Waals surface area contributed by atoms with E-state index >= 15 is 0 Å². The zero-order valence-electron chi connectivity index (χ0n) is 20.5. The maximum absolute atomic E-state index is 12.7. The van der Waals surface area contributed by atoms with Gasteiger partial charge in [-0.3, -0.25) is 0 Å². The third-order valence-electron chi connectivity index (χ3n) is 7.37. The lowest BCUT2D eigenvalue weighted by atomic mass is 9.73. The van der Waals surface area contributed by atoms with Gasteiger partial charge in [-0.15, -0.1) is 0 Å². The van der Waals surface area contributed by atoms with E-state index in [1.807, 2.05) is 37.9 Å². The molecule has 0 saturated carbocycles. The molecular weight excluding hydrogens is 454 g/mol. The van der Waals surface area contributed by atoms with Crippen molar-refractivity contribution in [1.29, 1.82) is 0 Å². The number of ether oxygens (including phenoxy) is 2. The first-order valence-corrected chi connectivity index (χ1v) is 12.9. The molecule has 3 fully saturated rings. The summed E-state index contributed by atoms with van der Waals surface area (Å²) in [5.41, 5.74) is 0.529. The number of carbonyl (C=O) groups excluding carboxylic acids is 1. The van der Waals surface area contributed by atoms with Crippen molar-refractivity contribution in [1.82, 2.24) is 24.3 Å². The number of carbonyl (C=O) groups is 1. The third kappa shape index (κ3) is 5.04. The molecule has 34 heavy (non-hydrogen) atoms. The summed E-state index contributed by atoms with van der Waals surface area (Å²) in [5.74, 6) is 0. The van der Waals surface area contributed by atoms with Gasteiger partial charge in [0.05, 0.1) is 11.5 Å². The Hall–Kier alpha value is -1.90. The Labute approximate surface area is 206 Å². The van der Waals surface area contributed by atoms with E-state index in [0.717, 1.165) is 69.4 Å². The Balaban J connectivity index is 1.20. The van der Waals surface area contributed by atoms with Crippen molar-refractivity contribution in [2.24, 2.45) is 5.41 Å². The zero-order chi connectivity index (χ0) is 23.9. The van der Waals surface area contributed by atoms with Gasteiger partial charge in [-0.05, 0) is 71.9 Å². The first-order chi connectivity index (χ1) is 16.2. The van der Waals surface area contributed by atoms with Crippen LogP contribution in [0.25, 0.3) is 11.0 Å². The topological polar surface area (TPSA) is 72.7 Å². The van der Waals surface area contributed by atoms with Crippen LogP contribution in [-0.4, -0.2) is 74.9 Å². The quantitative estimate of drug-likeness (QED) is 0.572. The molecule has 0 aliphatic carbocycles. The number of likely N-dealkylation sites (tertiary alicyclic amines) is 2. The van der Waals surface area contributed by atoms with E-state index in [1.54, 1.807) is 0 Å². The van der Waals surface area contributed by atoms with Crippen LogP contribution in [0.3, 0.4) is 0 Å². The molecule has 3 saturated heterocycles. The van der Waals surface area contributed by atoms with E-state index in [1.165, 1.54) is 19.2 Å². The van der Waals surface area contributed by atoms with Crippen LogP contribution in [0.1, 0.15) is 65.5 Å². The molecule has 1 unspecified atom stereocenters. The molecule has 0 bridgehead atoms. The van der Waals surface area contributed by atoms with Gasteiger partial charge in [0.2, 0.25) is 0 Å². The van der Waals surface area contributed by atoms with Gasteiger partial charge in [0.1, 0.15) is 29.0 Å². The molecule has 1 amide bonds. The average Bonchev–Trinajstić information content (AvgIpc) is 3.40. The summed E-state index contributed by atoms with van der Waals surface area (Å²) in [6, 6.07) is 1.96. The van der Waals surface area contributed by atoms with Gasteiger partial charge in [-0.1, -0.05) is 11.6 Å². The minimum Gasteiger partial charge on any atom is -0.444 e. The highest BCUT2D eigenvalue weighted by Gasteiger charge is 2.42. The highest BCUT2D eigenvalue weighted by Crippen LogP contribution is 2.40. The summed E-state index contributed by atoms with van der Waals surface area (Å²) in [4.78, 5) is 25.7. The maximum atomic E-state index is 12.7. The molecule has 186 valence electrons. The fraction of sp³-hybridized carbons (Fsp3) is 0.720. The zero-order valence-corrected chi connectivity index (χ0v) is 21.3. The number of nitrogens with zero attached hydrogens (tertiary/aromatic N) is 5. The van der Waals surface area contributed by atoms with Gasteiger partial charge in [0.25, 0.3) is 0 Å². The molecule has 2 aromatic heterocycles. The number of rotatable bonds is 3. The Kier molecular flexibility index (Phi) is 6.50. The van der Waals surface area contributed by atoms with Crippen LogP contribution in [0.2, 0.25) is 5.15 Å². The summed E-state index contributed by atoms with van der Waals surface area (Å²) in [7, 11) is 0. The minimum absolute atomic E-state index is 0.0236. The third-order valence-corrected chi connectivity index (χ3v) is 7.67. The van der Waals surface area contributed by atoms with E-state index in [9.17, 15) is 4.79 Å². The fourth-order valence-corrected chi connectivity index (χ4v) is 6.17. The average molecular weight is 490 g/mol. The Morgan fingerprint density at radius 1 is 1.21 bits per heavy atom. The van der Waals surface area contributed by atoms with Crippen molar-refractivity contribution in [3.63, 3.8) is 0 Å². The van der Waals surface area contributed by atoms with Crippen molar-refractivity contribution in [3.8, 4) is 0 Å². The van der Waals surface area contributed by atoms with Crippen molar-refractivity contribution < 1.29 is 14.3 Å². The molecule has 0 aromatic carbocycles. The van der Waals surface area contributed by atoms with E-state index in [-0.39, 0.29) is 23.8 Å². The predicted molar refractivity (Wildman–Crippen MR) is 131 cm³/mol. The summed E-state index contributed by atoms with van der Waals surface area (Å²) in [6.45, 7) is 10.4. The Bertz CT molecular complexity index is 1030. The fourth-order valence-electron chi connectivity index (χ4n) is 5.98. The van der Waals surface area contributed by atoms with Crippen molar-refractivity contribution in [2.45, 2.75) is 77.2 Å². The number of fused-ring (bicyclic) bond motifs is 1. The number of amides is 1. The molecule has 5 rings (SSSR count). The lowest BCUT2D eigenvalue weighted by molar-refractivity contribution is -0.0411. The lowest BCUT2D eigenvalue weighted by Crippen LogP contribution is -2.55. The first-order valence-electron chi connectivity index (χ1n) is 12.5. The second kappa shape index (κ2) is 9.28. The monoisotopic (exact) mass is 489 g/mol. The molecular formula is C25H36ClN5O3. The van der Waals surface area contributed by atoms with Crippen LogP contribution in [0.15, 0.2) is 18.6 Å². The SMILES string of the molecule is CC(C)(C)OC(=O)N1CCCC2(CCCN(C[C@@H]3CC[C@H](n4ccc5c(Cl)ncnc54)O3)C2)C1. The normalized spacial score (nSPS) is 28.6. The molecule has 8 nitrogen and oxygen atoms in total. The highest BCUT2D eigenvalue weighted by molar-refractivity contribution is 6.33. The molecule has 9 heteroatoms. The summed E-state index contributed by atoms with van der Waals surface area (Å²) in [5, 5.41) is 1.34. The van der Waals surface area contributed by atoms with Gasteiger partial charge >= 0.3 is 6.09 Å². The summed E-state index contributed by atoms with van der Waals surface area (Å²) >= 11 is 6.22. The van der Waals surface area contributed by atoms with Crippen LogP contribution in [0.5, 0.6) is 0 Å². The van der Waals surface area contributed by atoms with Gasteiger partial charge in [0.15, 0.2) is 0 Å². The van der Waals surface area contributed by atoms with E-state index in [2.05, 4.69) is 19.4 Å². The van der Waals surface area contributed by atoms with Gasteiger partial charge in [-0.25, -0.2) is 14.8 Å². The smallest absolute Gasteiger partial charge is 0.410 e. The minimum atomic E-state index is -0.459. The van der Waals surface area contributed by atoms with Crippen LogP contribution in [-0.2, 0) is 9.47 Å². The number of hydrogen-bond donors (Lipinski definition) is 0. The standard InChI is InChI=1S/C25H36ClN5O3/c1-24(2,3)34-23(32)30-12-5-10-25(16-30)9-4-11-29(15-25)14-18-6-7-20(33-18)31-13-8-19-21(26)27-17-28-22(19)31/h8,13,17-18,20H,4-7,9-12,14-16H2,1-3H3/t18-,20+,25?/m0/s1. The summed E-state index contributed by atoms with van der Waals surface area (Å²) < 4.78 is 14.2. The maximum Gasteiger partial charge on any atom is 0.410 e. The van der Waals surface area contributed by atoms with E-state index in [0.29, 0.717) is 5.15 Å². The van der Waals surface area contributed by atoms with Crippen LogP contribution in [0, 0.1) is 5.41 Å². The molecule has 5 heterocycles. The van der Waals surface area contributed by atoms with Crippen LogP contribution in [0.4, 0.5) is 4.79 Å². The largest absolute Gasteiger partial charge is 0.444 e. The first kappa shape index (κ1) is 23.8. The van der Waals surface area contributed by atoms with E-state index in [4.69, 9.17) is 21.1 Å². The van der Waals surface area contributed by atoms with Crippen molar-refractivity contribution in [2.75, 3.05) is 32.7 Å². The second-order valence-corrected chi connectivity index (χ2v) is 11.6. The second-order valence-electron chi connectivity index (χ2n) is 11.3. The number of hydrogen-bond acceptors (Lipinski definition) is 6. The molecule has 3 aliphatic heterocycles. The molecule has 0 radical (unpaired) electrons. The van der Waals surface area contributed by atoms with Gasteiger partial charge < -0.3 is 23.8 Å². The molecule has 3 aliphatic rings. The number of halogens is 1. The molecule has 0 N–H and O–H groups in total. The van der Waals surface area contributed by atoms with Gasteiger partial charge in [-0.2, -0.15) is 0 Å². The highest BCUT2D eigenvalue weighted by atomic mass is 35.5. The van der Waals surface area contributed by atoms with Crippen molar-refractivity contribution >= 4 is 28.7 Å². The molecule has 1 spiro atoms. The summed E-state index contributed by atoms with van der Waals surface area (Å²) in [6.07, 6.45) is 10.0. The van der Waals surface area contributed by atoms with Crippen LogP contribution < -0.4 is 0 Å². The molecule has 3 atom stereocenters. The number of aromatic nitrogens is 3. The van der Waals surface area contributed by atoms with Gasteiger partial charge in [0, 0.05) is 37.8 Å².